The van der Waals surface area contributed by atoms with E-state index in [9.17, 15) is 18.8 Å². The van der Waals surface area contributed by atoms with E-state index >= 15 is 0 Å². The highest BCUT2D eigenvalue weighted by atomic mass is 32.2. The molecule has 0 spiro atoms. The van der Waals surface area contributed by atoms with Gasteiger partial charge in [-0.15, -0.1) is 0 Å². The van der Waals surface area contributed by atoms with Crippen LogP contribution in [-0.2, 0) is 9.53 Å². The van der Waals surface area contributed by atoms with Crippen LogP contribution < -0.4 is 10.9 Å². The van der Waals surface area contributed by atoms with Crippen molar-refractivity contribution in [1.82, 2.24) is 15.0 Å². The smallest absolute Gasteiger partial charge is 0.338 e. The molecule has 2 heterocycles. The summed E-state index contributed by atoms with van der Waals surface area (Å²) >= 11 is 1.02. The van der Waals surface area contributed by atoms with Gasteiger partial charge in [0.15, 0.2) is 10.8 Å². The molecule has 0 saturated heterocycles. The lowest BCUT2D eigenvalue weighted by atomic mass is 10.1. The Morgan fingerprint density at radius 3 is 2.47 bits per heavy atom. The fourth-order valence-electron chi connectivity index (χ4n) is 3.33. The van der Waals surface area contributed by atoms with Gasteiger partial charge in [0.2, 0.25) is 5.91 Å². The first kappa shape index (κ1) is 23.1. The fraction of sp³-hybridized carbons (Fsp3) is 0.125. The van der Waals surface area contributed by atoms with Crippen molar-refractivity contribution in [2.45, 2.75) is 17.3 Å². The van der Waals surface area contributed by atoms with Crippen LogP contribution in [0.1, 0.15) is 26.9 Å². The summed E-state index contributed by atoms with van der Waals surface area (Å²) in [7, 11) is 1.22. The van der Waals surface area contributed by atoms with Crippen LogP contribution in [0.5, 0.6) is 0 Å². The average Bonchev–Trinajstić information content (AvgIpc) is 2.83. The van der Waals surface area contributed by atoms with Gasteiger partial charge in [0.25, 0.3) is 5.56 Å². The van der Waals surface area contributed by atoms with Crippen molar-refractivity contribution < 1.29 is 18.7 Å². The number of benzene rings is 2. The van der Waals surface area contributed by atoms with E-state index in [-0.39, 0.29) is 21.8 Å². The van der Waals surface area contributed by atoms with Crippen molar-refractivity contribution in [2.75, 3.05) is 12.4 Å². The fourth-order valence-corrected chi connectivity index (χ4v) is 4.30. The van der Waals surface area contributed by atoms with E-state index < -0.39 is 28.5 Å². The van der Waals surface area contributed by atoms with Gasteiger partial charge in [-0.3, -0.25) is 9.59 Å². The van der Waals surface area contributed by atoms with E-state index in [0.29, 0.717) is 16.9 Å². The summed E-state index contributed by atoms with van der Waals surface area (Å²) in [6.07, 6.45) is 0. The number of halogens is 1. The summed E-state index contributed by atoms with van der Waals surface area (Å²) < 4.78 is 18.0. The molecule has 0 radical (unpaired) electrons. The van der Waals surface area contributed by atoms with Crippen molar-refractivity contribution in [3.63, 3.8) is 0 Å². The minimum absolute atomic E-state index is 0.00817. The van der Waals surface area contributed by atoms with Crippen molar-refractivity contribution in [2.24, 2.45) is 0 Å². The molecule has 2 N–H and O–H groups in total. The molecule has 0 aliphatic rings. The molecule has 1 atom stereocenters. The molecule has 4 aromatic rings. The number of nitrogens with one attached hydrogen (secondary N) is 2. The molecule has 0 fully saturated rings. The van der Waals surface area contributed by atoms with E-state index in [1.165, 1.54) is 37.4 Å². The summed E-state index contributed by atoms with van der Waals surface area (Å²) in [5, 5.41) is 2.12. The Morgan fingerprint density at radius 1 is 1.09 bits per heavy atom. The maximum atomic E-state index is 13.2. The highest BCUT2D eigenvalue weighted by Crippen LogP contribution is 2.34. The topological polar surface area (TPSA) is 114 Å². The highest BCUT2D eigenvalue weighted by molar-refractivity contribution is 8.00. The number of hydrogen-bond acceptors (Lipinski definition) is 7. The number of fused-ring (bicyclic) bond motifs is 1. The van der Waals surface area contributed by atoms with Crippen molar-refractivity contribution >= 4 is 40.4 Å². The molecular weight excluding hydrogens is 459 g/mol. The first-order valence-electron chi connectivity index (χ1n) is 10.1. The predicted molar refractivity (Wildman–Crippen MR) is 126 cm³/mol. The number of hydrogen-bond donors (Lipinski definition) is 2. The quantitative estimate of drug-likeness (QED) is 0.244. The Kier molecular flexibility index (Phi) is 6.69. The molecule has 4 rings (SSSR count). The van der Waals surface area contributed by atoms with Crippen LogP contribution in [-0.4, -0.2) is 33.9 Å². The van der Waals surface area contributed by atoms with Crippen LogP contribution in [0.4, 0.5) is 10.1 Å². The summed E-state index contributed by atoms with van der Waals surface area (Å²) in [5.74, 6) is -1.49. The zero-order valence-corrected chi connectivity index (χ0v) is 19.0. The molecule has 0 aliphatic heterocycles. The minimum Gasteiger partial charge on any atom is -0.465 e. The summed E-state index contributed by atoms with van der Waals surface area (Å²) in [6.45, 7) is 1.67. The monoisotopic (exact) mass is 478 g/mol. The van der Waals surface area contributed by atoms with Crippen LogP contribution in [0.25, 0.3) is 11.0 Å². The molecule has 172 valence electrons. The highest BCUT2D eigenvalue weighted by Gasteiger charge is 2.25. The molecule has 0 aliphatic carbocycles. The summed E-state index contributed by atoms with van der Waals surface area (Å²) in [6, 6.07) is 15.8. The molecular formula is C24H19FN4O4S. The number of H-pyrrole nitrogens is 1. The number of esters is 1. The molecule has 1 unspecified atom stereocenters. The van der Waals surface area contributed by atoms with E-state index in [1.807, 2.05) is 6.07 Å². The standard InChI is InChI=1S/C24H19FN4O4S/c1-13-12-17(23(32)33-2)18-20(26-13)28-24(29-21(18)30)34-19(14-6-4-3-5-7-14)22(31)27-16-10-8-15(25)9-11-16/h3-12,19H,1-2H3,(H,27,31)(H,26,28,29,30). The number of ether oxygens (including phenoxy) is 1. The second kappa shape index (κ2) is 9.84. The molecule has 34 heavy (non-hydrogen) atoms. The third kappa shape index (κ3) is 4.96. The lowest BCUT2D eigenvalue weighted by molar-refractivity contribution is -0.115. The normalized spacial score (nSPS) is 11.7. The molecule has 0 bridgehead atoms. The Hall–Kier alpha value is -4.05. The van der Waals surface area contributed by atoms with Crippen LogP contribution >= 0.6 is 11.8 Å². The Morgan fingerprint density at radius 2 is 1.79 bits per heavy atom. The van der Waals surface area contributed by atoms with Gasteiger partial charge >= 0.3 is 5.97 Å². The van der Waals surface area contributed by atoms with Crippen LogP contribution in [0, 0.1) is 12.7 Å². The van der Waals surface area contributed by atoms with Gasteiger partial charge in [-0.1, -0.05) is 42.1 Å². The van der Waals surface area contributed by atoms with E-state index in [2.05, 4.69) is 20.3 Å². The lowest BCUT2D eigenvalue weighted by Crippen LogP contribution is -2.21. The summed E-state index contributed by atoms with van der Waals surface area (Å²) in [4.78, 5) is 49.5. The number of amides is 1. The molecule has 10 heteroatoms. The first-order valence-corrected chi connectivity index (χ1v) is 11.0. The second-order valence-electron chi connectivity index (χ2n) is 7.28. The summed E-state index contributed by atoms with van der Waals surface area (Å²) in [5.41, 5.74) is 1.12. The SMILES string of the molecule is COC(=O)c1cc(C)nc2nc(SC(C(=O)Nc3ccc(F)cc3)c3ccccc3)[nH]c(=O)c12. The Bertz CT molecular complexity index is 1430. The number of anilines is 1. The largest absolute Gasteiger partial charge is 0.465 e. The molecule has 1 amide bonds. The molecule has 0 saturated carbocycles. The average molecular weight is 479 g/mol. The van der Waals surface area contributed by atoms with Crippen LogP contribution in [0.15, 0.2) is 70.6 Å². The number of carbonyl (C=O) groups excluding carboxylic acids is 2. The van der Waals surface area contributed by atoms with Gasteiger partial charge in [-0.2, -0.15) is 0 Å². The van der Waals surface area contributed by atoms with Gasteiger partial charge in [-0.25, -0.2) is 19.2 Å². The van der Waals surface area contributed by atoms with Crippen LogP contribution in [0.2, 0.25) is 0 Å². The first-order chi connectivity index (χ1) is 16.4. The number of aromatic amines is 1. The number of rotatable bonds is 6. The zero-order chi connectivity index (χ0) is 24.2. The maximum absolute atomic E-state index is 13.2. The van der Waals surface area contributed by atoms with Crippen molar-refractivity contribution in [1.29, 1.82) is 0 Å². The van der Waals surface area contributed by atoms with Gasteiger partial charge in [0.1, 0.15) is 11.1 Å². The predicted octanol–water partition coefficient (Wildman–Crippen LogP) is 4.02. The zero-order valence-electron chi connectivity index (χ0n) is 18.2. The third-order valence-corrected chi connectivity index (χ3v) is 6.01. The number of thioether (sulfide) groups is 1. The van der Waals surface area contributed by atoms with Gasteiger partial charge in [-0.05, 0) is 42.8 Å². The number of aryl methyl sites for hydroxylation is 1. The van der Waals surface area contributed by atoms with Crippen LogP contribution in [0.3, 0.4) is 0 Å². The molecule has 2 aromatic heterocycles. The lowest BCUT2D eigenvalue weighted by Gasteiger charge is -2.17. The minimum atomic E-state index is -0.795. The van der Waals surface area contributed by atoms with Crippen molar-refractivity contribution in [3.8, 4) is 0 Å². The second-order valence-corrected chi connectivity index (χ2v) is 8.37. The Balaban J connectivity index is 1.73. The van der Waals surface area contributed by atoms with E-state index in [4.69, 9.17) is 4.74 Å². The van der Waals surface area contributed by atoms with E-state index in [0.717, 1.165) is 11.8 Å². The number of pyridine rings is 1. The number of carbonyl (C=O) groups is 2. The van der Waals surface area contributed by atoms with Gasteiger partial charge < -0.3 is 15.0 Å². The van der Waals surface area contributed by atoms with Gasteiger partial charge in [0, 0.05) is 11.4 Å². The number of aromatic nitrogens is 3. The number of methoxy groups -OCH3 is 1. The Labute approximate surface area is 197 Å². The third-order valence-electron chi connectivity index (χ3n) is 4.87. The number of nitrogens with zero attached hydrogens (tertiary/aromatic N) is 2. The molecule has 2 aromatic carbocycles. The van der Waals surface area contributed by atoms with Gasteiger partial charge in [0.05, 0.1) is 18.1 Å². The maximum Gasteiger partial charge on any atom is 0.338 e. The van der Waals surface area contributed by atoms with Crippen molar-refractivity contribution in [3.05, 3.63) is 93.7 Å². The van der Waals surface area contributed by atoms with E-state index in [1.54, 1.807) is 31.2 Å². The molecule has 8 nitrogen and oxygen atoms in total.